The quantitative estimate of drug-likeness (QED) is 0.461. The van der Waals surface area contributed by atoms with E-state index in [0.29, 0.717) is 11.4 Å². The highest BCUT2D eigenvalue weighted by atomic mass is 16.6. The molecule has 0 radical (unpaired) electrons. The van der Waals surface area contributed by atoms with Crippen LogP contribution in [-0.4, -0.2) is 24.9 Å². The van der Waals surface area contributed by atoms with Gasteiger partial charge in [-0.1, -0.05) is 42.0 Å². The molecule has 1 amide bonds. The Kier molecular flexibility index (Phi) is 7.10. The SMILES string of the molecule is CC(C)(OCCOC(=O)Nc1cccc(OC#N)c1)C(=C1CCC1)c1ccccc1. The standard InChI is InChI=1S/C24H26N2O4/c1-24(2,22(19-10-6-11-19)18-8-4-3-5-9-18)30-15-14-28-23(27)26-20-12-7-13-21(16-20)29-17-25/h3-5,7-9,12-13,16H,6,10-11,14-15H2,1-2H3,(H,26,27). The molecule has 6 nitrogen and oxygen atoms in total. The van der Waals surface area contributed by atoms with Crippen molar-refractivity contribution in [3.05, 3.63) is 65.7 Å². The van der Waals surface area contributed by atoms with Crippen molar-refractivity contribution < 1.29 is 19.0 Å². The van der Waals surface area contributed by atoms with E-state index in [-0.39, 0.29) is 13.2 Å². The van der Waals surface area contributed by atoms with Gasteiger partial charge in [-0.3, -0.25) is 5.32 Å². The third kappa shape index (κ3) is 5.62. The number of hydrogen-bond donors (Lipinski definition) is 1. The van der Waals surface area contributed by atoms with Gasteiger partial charge in [-0.25, -0.2) is 4.79 Å². The van der Waals surface area contributed by atoms with Crippen LogP contribution in [0.2, 0.25) is 0 Å². The van der Waals surface area contributed by atoms with E-state index in [1.165, 1.54) is 23.1 Å². The van der Waals surface area contributed by atoms with Crippen molar-refractivity contribution in [2.75, 3.05) is 18.5 Å². The van der Waals surface area contributed by atoms with Gasteiger partial charge in [0.1, 0.15) is 12.4 Å². The number of allylic oxidation sites excluding steroid dienone is 1. The molecule has 156 valence electrons. The Hall–Kier alpha value is -3.30. The van der Waals surface area contributed by atoms with Crippen LogP contribution in [0.4, 0.5) is 10.5 Å². The molecule has 0 atom stereocenters. The molecule has 30 heavy (non-hydrogen) atoms. The van der Waals surface area contributed by atoms with E-state index >= 15 is 0 Å². The molecular weight excluding hydrogens is 380 g/mol. The molecule has 0 heterocycles. The number of benzene rings is 2. The fourth-order valence-electron chi connectivity index (χ4n) is 3.53. The highest BCUT2D eigenvalue weighted by molar-refractivity contribution is 5.84. The molecule has 1 aliphatic rings. The van der Waals surface area contributed by atoms with Crippen LogP contribution in [0.15, 0.2) is 60.2 Å². The van der Waals surface area contributed by atoms with Crippen molar-refractivity contribution in [1.29, 1.82) is 5.26 Å². The number of nitriles is 1. The Balaban J connectivity index is 1.52. The number of carbonyl (C=O) groups excluding carboxylic acids is 1. The largest absolute Gasteiger partial charge is 0.447 e. The smallest absolute Gasteiger partial charge is 0.411 e. The summed E-state index contributed by atoms with van der Waals surface area (Å²) < 4.78 is 16.1. The first-order chi connectivity index (χ1) is 14.5. The third-order valence-corrected chi connectivity index (χ3v) is 5.00. The zero-order valence-electron chi connectivity index (χ0n) is 17.3. The van der Waals surface area contributed by atoms with E-state index in [4.69, 9.17) is 19.5 Å². The Morgan fingerprint density at radius 1 is 1.10 bits per heavy atom. The second-order valence-electron chi connectivity index (χ2n) is 7.54. The van der Waals surface area contributed by atoms with E-state index in [1.807, 2.05) is 18.2 Å². The first-order valence-corrected chi connectivity index (χ1v) is 10.0. The number of nitrogens with zero attached hydrogens (tertiary/aromatic N) is 1. The lowest BCUT2D eigenvalue weighted by Gasteiger charge is -2.34. The van der Waals surface area contributed by atoms with Gasteiger partial charge in [-0.15, -0.1) is 5.26 Å². The van der Waals surface area contributed by atoms with Crippen molar-refractivity contribution in [3.8, 4) is 12.0 Å². The molecule has 0 bridgehead atoms. The summed E-state index contributed by atoms with van der Waals surface area (Å²) in [6, 6.07) is 16.8. The second-order valence-corrected chi connectivity index (χ2v) is 7.54. The monoisotopic (exact) mass is 406 g/mol. The Morgan fingerprint density at radius 3 is 2.53 bits per heavy atom. The molecule has 1 fully saturated rings. The predicted molar refractivity (Wildman–Crippen MR) is 115 cm³/mol. The summed E-state index contributed by atoms with van der Waals surface area (Å²) in [5, 5.41) is 11.2. The lowest BCUT2D eigenvalue weighted by Crippen LogP contribution is -2.30. The molecular formula is C24H26N2O4. The summed E-state index contributed by atoms with van der Waals surface area (Å²) in [6.07, 6.45) is 4.42. The van der Waals surface area contributed by atoms with Gasteiger partial charge < -0.3 is 14.2 Å². The number of anilines is 1. The predicted octanol–water partition coefficient (Wildman–Crippen LogP) is 5.53. The minimum Gasteiger partial charge on any atom is -0.447 e. The summed E-state index contributed by atoms with van der Waals surface area (Å²) >= 11 is 0. The van der Waals surface area contributed by atoms with Gasteiger partial charge in [0, 0.05) is 11.8 Å². The first-order valence-electron chi connectivity index (χ1n) is 10.0. The number of rotatable bonds is 8. The van der Waals surface area contributed by atoms with Crippen molar-refractivity contribution in [2.45, 2.75) is 38.7 Å². The maximum atomic E-state index is 12.0. The van der Waals surface area contributed by atoms with E-state index < -0.39 is 11.7 Å². The zero-order chi connectivity index (χ0) is 21.4. The maximum absolute atomic E-state index is 12.0. The summed E-state index contributed by atoms with van der Waals surface area (Å²) in [4.78, 5) is 12.0. The number of ether oxygens (including phenoxy) is 3. The van der Waals surface area contributed by atoms with Crippen LogP contribution in [-0.2, 0) is 9.47 Å². The van der Waals surface area contributed by atoms with Gasteiger partial charge in [0.2, 0.25) is 0 Å². The normalized spacial score (nSPS) is 13.0. The lowest BCUT2D eigenvalue weighted by molar-refractivity contribution is 0.00263. The van der Waals surface area contributed by atoms with Gasteiger partial charge in [-0.05, 0) is 56.4 Å². The minimum atomic E-state index is -0.592. The van der Waals surface area contributed by atoms with Crippen LogP contribution in [0.25, 0.3) is 5.57 Å². The van der Waals surface area contributed by atoms with E-state index in [1.54, 1.807) is 30.5 Å². The summed E-state index contributed by atoms with van der Waals surface area (Å²) in [7, 11) is 0. The molecule has 0 saturated heterocycles. The molecule has 1 N–H and O–H groups in total. The van der Waals surface area contributed by atoms with Crippen LogP contribution < -0.4 is 10.1 Å². The van der Waals surface area contributed by atoms with E-state index in [9.17, 15) is 4.79 Å². The fraction of sp³-hybridized carbons (Fsp3) is 0.333. The van der Waals surface area contributed by atoms with Gasteiger partial charge in [-0.2, -0.15) is 0 Å². The van der Waals surface area contributed by atoms with E-state index in [2.05, 4.69) is 31.3 Å². The third-order valence-electron chi connectivity index (χ3n) is 5.00. The molecule has 1 saturated carbocycles. The van der Waals surface area contributed by atoms with Gasteiger partial charge in [0.15, 0.2) is 0 Å². The Morgan fingerprint density at radius 2 is 1.87 bits per heavy atom. The van der Waals surface area contributed by atoms with Crippen LogP contribution in [0, 0.1) is 11.5 Å². The second kappa shape index (κ2) is 9.95. The summed E-state index contributed by atoms with van der Waals surface area (Å²) in [5.41, 5.74) is 3.84. The number of nitrogens with one attached hydrogen (secondary N) is 1. The van der Waals surface area contributed by atoms with Gasteiger partial charge in [0.05, 0.1) is 12.2 Å². The summed E-state index contributed by atoms with van der Waals surface area (Å²) in [6.45, 7) is 4.52. The molecule has 0 aliphatic heterocycles. The average Bonchev–Trinajstić information content (AvgIpc) is 2.69. The highest BCUT2D eigenvalue weighted by Gasteiger charge is 2.30. The Labute approximate surface area is 177 Å². The van der Waals surface area contributed by atoms with Gasteiger partial charge >= 0.3 is 6.09 Å². The van der Waals surface area contributed by atoms with Crippen LogP contribution in [0.3, 0.4) is 0 Å². The average molecular weight is 406 g/mol. The Bertz CT molecular complexity index is 939. The summed E-state index contributed by atoms with van der Waals surface area (Å²) in [5.74, 6) is 0.345. The molecule has 0 aromatic heterocycles. The fourth-order valence-corrected chi connectivity index (χ4v) is 3.53. The van der Waals surface area contributed by atoms with Crippen molar-refractivity contribution in [1.82, 2.24) is 0 Å². The maximum Gasteiger partial charge on any atom is 0.411 e. The number of amides is 1. The van der Waals surface area contributed by atoms with E-state index in [0.717, 1.165) is 12.8 Å². The molecule has 2 aromatic carbocycles. The minimum absolute atomic E-state index is 0.126. The van der Waals surface area contributed by atoms with Crippen LogP contribution in [0.1, 0.15) is 38.7 Å². The molecule has 3 rings (SSSR count). The topological polar surface area (TPSA) is 80.6 Å². The molecule has 1 aliphatic carbocycles. The number of carbonyl (C=O) groups is 1. The van der Waals surface area contributed by atoms with Gasteiger partial charge in [0.25, 0.3) is 6.26 Å². The van der Waals surface area contributed by atoms with Crippen molar-refractivity contribution >= 4 is 17.4 Å². The first kappa shape index (κ1) is 21.4. The molecule has 0 unspecified atom stereocenters. The lowest BCUT2D eigenvalue weighted by atomic mass is 9.78. The van der Waals surface area contributed by atoms with Crippen LogP contribution in [0.5, 0.6) is 5.75 Å². The van der Waals surface area contributed by atoms with Crippen molar-refractivity contribution in [3.63, 3.8) is 0 Å². The zero-order valence-corrected chi connectivity index (χ0v) is 17.3. The molecule has 2 aromatic rings. The highest BCUT2D eigenvalue weighted by Crippen LogP contribution is 2.40. The van der Waals surface area contributed by atoms with Crippen LogP contribution >= 0.6 is 0 Å². The molecule has 6 heteroatoms. The molecule has 0 spiro atoms. The number of hydrogen-bond acceptors (Lipinski definition) is 5. The van der Waals surface area contributed by atoms with Crippen molar-refractivity contribution in [2.24, 2.45) is 0 Å².